The number of hydrogen-bond donors (Lipinski definition) is 2. The van der Waals surface area contributed by atoms with E-state index in [1.54, 1.807) is 6.33 Å². The minimum atomic E-state index is 0. The molecule has 0 aliphatic rings. The molecule has 0 bridgehead atoms. The Hall–Kier alpha value is -2.60. The molecule has 0 unspecified atom stereocenters. The van der Waals surface area contributed by atoms with Crippen LogP contribution in [0.3, 0.4) is 0 Å². The van der Waals surface area contributed by atoms with Gasteiger partial charge < -0.3 is 10.3 Å². The fraction of sp³-hybridized carbons (Fsp3) is 0.133. The van der Waals surface area contributed by atoms with Crippen molar-refractivity contribution in [3.63, 3.8) is 0 Å². The van der Waals surface area contributed by atoms with Crippen LogP contribution in [0.25, 0.3) is 22.1 Å². The first-order chi connectivity index (χ1) is 10.3. The van der Waals surface area contributed by atoms with E-state index >= 15 is 0 Å². The summed E-state index contributed by atoms with van der Waals surface area (Å²) in [6.07, 6.45) is 1.64. The lowest BCUT2D eigenvalue weighted by molar-refractivity contribution is 0.687. The SMILES string of the molecule is CCn1nc(Nc2ccc3[nH]cnc3n2)c2ccccc21.Cl. The van der Waals surface area contributed by atoms with E-state index in [0.717, 1.165) is 34.6 Å². The van der Waals surface area contributed by atoms with E-state index in [1.807, 2.05) is 28.9 Å². The highest BCUT2D eigenvalue weighted by Crippen LogP contribution is 2.25. The van der Waals surface area contributed by atoms with E-state index in [-0.39, 0.29) is 12.4 Å². The van der Waals surface area contributed by atoms with Crippen LogP contribution in [0.1, 0.15) is 6.92 Å². The number of H-pyrrole nitrogens is 1. The van der Waals surface area contributed by atoms with Crippen LogP contribution in [0.2, 0.25) is 0 Å². The average molecular weight is 315 g/mol. The van der Waals surface area contributed by atoms with Gasteiger partial charge in [0.1, 0.15) is 5.82 Å². The van der Waals surface area contributed by atoms with Crippen molar-refractivity contribution in [3.05, 3.63) is 42.7 Å². The van der Waals surface area contributed by atoms with E-state index in [1.165, 1.54) is 0 Å². The summed E-state index contributed by atoms with van der Waals surface area (Å²) in [5.74, 6) is 1.55. The van der Waals surface area contributed by atoms with Crippen molar-refractivity contribution in [1.29, 1.82) is 0 Å². The highest BCUT2D eigenvalue weighted by molar-refractivity contribution is 5.91. The van der Waals surface area contributed by atoms with Crippen LogP contribution in [0, 0.1) is 0 Å². The zero-order valence-corrected chi connectivity index (χ0v) is 12.8. The van der Waals surface area contributed by atoms with Gasteiger partial charge in [0.2, 0.25) is 0 Å². The van der Waals surface area contributed by atoms with E-state index in [0.29, 0.717) is 5.65 Å². The summed E-state index contributed by atoms with van der Waals surface area (Å²) >= 11 is 0. The number of para-hydroxylation sites is 1. The Labute approximate surface area is 133 Å². The molecule has 4 aromatic rings. The monoisotopic (exact) mass is 314 g/mol. The Balaban J connectivity index is 0.00000144. The van der Waals surface area contributed by atoms with Crippen LogP contribution >= 0.6 is 12.4 Å². The second-order valence-electron chi connectivity index (χ2n) is 4.78. The third-order valence-corrected chi connectivity index (χ3v) is 3.49. The zero-order valence-electron chi connectivity index (χ0n) is 11.9. The van der Waals surface area contributed by atoms with Crippen LogP contribution in [0.5, 0.6) is 0 Å². The number of aromatic nitrogens is 5. The van der Waals surface area contributed by atoms with Crippen molar-refractivity contribution in [2.24, 2.45) is 0 Å². The first-order valence-electron chi connectivity index (χ1n) is 6.88. The van der Waals surface area contributed by atoms with Crippen LogP contribution in [-0.4, -0.2) is 24.7 Å². The van der Waals surface area contributed by atoms with Gasteiger partial charge in [0.05, 0.1) is 17.4 Å². The van der Waals surface area contributed by atoms with Crippen molar-refractivity contribution in [1.82, 2.24) is 24.7 Å². The van der Waals surface area contributed by atoms with Crippen molar-refractivity contribution in [2.75, 3.05) is 5.32 Å². The summed E-state index contributed by atoms with van der Waals surface area (Å²) in [5.41, 5.74) is 2.73. The molecule has 1 aromatic carbocycles. The van der Waals surface area contributed by atoms with Gasteiger partial charge in [-0.2, -0.15) is 5.10 Å². The van der Waals surface area contributed by atoms with Crippen molar-refractivity contribution in [2.45, 2.75) is 13.5 Å². The fourth-order valence-corrected chi connectivity index (χ4v) is 2.47. The largest absolute Gasteiger partial charge is 0.343 e. The summed E-state index contributed by atoms with van der Waals surface area (Å²) in [7, 11) is 0. The molecule has 4 rings (SSSR count). The summed E-state index contributed by atoms with van der Waals surface area (Å²) in [4.78, 5) is 11.7. The number of imidazole rings is 1. The Morgan fingerprint density at radius 2 is 2.05 bits per heavy atom. The van der Waals surface area contributed by atoms with Gasteiger partial charge in [-0.25, -0.2) is 9.97 Å². The third-order valence-electron chi connectivity index (χ3n) is 3.49. The first kappa shape index (κ1) is 14.3. The zero-order chi connectivity index (χ0) is 14.2. The normalized spacial score (nSPS) is 10.8. The van der Waals surface area contributed by atoms with Crippen LogP contribution in [0.15, 0.2) is 42.7 Å². The topological polar surface area (TPSA) is 71.4 Å². The number of nitrogens with zero attached hydrogens (tertiary/aromatic N) is 4. The van der Waals surface area contributed by atoms with Crippen LogP contribution < -0.4 is 5.32 Å². The Bertz CT molecular complexity index is 926. The van der Waals surface area contributed by atoms with Crippen molar-refractivity contribution < 1.29 is 0 Å². The number of pyridine rings is 1. The van der Waals surface area contributed by atoms with E-state index in [2.05, 4.69) is 44.4 Å². The van der Waals surface area contributed by atoms with Crippen molar-refractivity contribution in [3.8, 4) is 0 Å². The summed E-state index contributed by atoms with van der Waals surface area (Å²) in [5, 5.41) is 8.98. The van der Waals surface area contributed by atoms with Crippen LogP contribution in [-0.2, 0) is 6.54 Å². The Kier molecular flexibility index (Phi) is 3.68. The number of halogens is 1. The molecule has 2 N–H and O–H groups in total. The maximum atomic E-state index is 4.61. The minimum Gasteiger partial charge on any atom is -0.343 e. The lowest BCUT2D eigenvalue weighted by Crippen LogP contribution is -1.98. The number of rotatable bonds is 3. The fourth-order valence-electron chi connectivity index (χ4n) is 2.47. The molecule has 0 aliphatic heterocycles. The molecular weight excluding hydrogens is 300 g/mol. The van der Waals surface area contributed by atoms with Gasteiger partial charge in [0, 0.05) is 11.9 Å². The van der Waals surface area contributed by atoms with Gasteiger partial charge in [0.25, 0.3) is 0 Å². The number of aromatic amines is 1. The molecule has 0 atom stereocenters. The molecule has 0 saturated heterocycles. The third kappa shape index (κ3) is 2.27. The summed E-state index contributed by atoms with van der Waals surface area (Å²) in [6.45, 7) is 2.91. The van der Waals surface area contributed by atoms with E-state index in [9.17, 15) is 0 Å². The molecule has 112 valence electrons. The second kappa shape index (κ2) is 5.65. The van der Waals surface area contributed by atoms with E-state index in [4.69, 9.17) is 0 Å². The van der Waals surface area contributed by atoms with Crippen LogP contribution in [0.4, 0.5) is 11.6 Å². The predicted octanol–water partition coefficient (Wildman–Crippen LogP) is 3.49. The Morgan fingerprint density at radius 3 is 2.91 bits per heavy atom. The van der Waals surface area contributed by atoms with Gasteiger partial charge in [-0.3, -0.25) is 4.68 Å². The number of aryl methyl sites for hydroxylation is 1. The molecule has 0 saturated carbocycles. The van der Waals surface area contributed by atoms with Crippen molar-refractivity contribution >= 4 is 46.1 Å². The molecule has 3 heterocycles. The Morgan fingerprint density at radius 1 is 1.18 bits per heavy atom. The quantitative estimate of drug-likeness (QED) is 0.607. The van der Waals surface area contributed by atoms with Gasteiger partial charge in [-0.15, -0.1) is 12.4 Å². The number of fused-ring (bicyclic) bond motifs is 2. The van der Waals surface area contributed by atoms with Gasteiger partial charge in [-0.05, 0) is 31.2 Å². The molecule has 0 amide bonds. The van der Waals surface area contributed by atoms with Gasteiger partial charge in [-0.1, -0.05) is 12.1 Å². The standard InChI is InChI=1S/C15H14N6.ClH/c1-2-21-12-6-4-3-5-10(12)14(20-21)18-13-8-7-11-15(19-13)17-9-16-11;/h3-9H,2H2,1H3,(H2,16,17,18,19,20);1H. The molecule has 0 spiro atoms. The minimum absolute atomic E-state index is 0. The number of anilines is 2. The molecular formula is C15H15ClN6. The number of nitrogens with one attached hydrogen (secondary N) is 2. The number of hydrogen-bond acceptors (Lipinski definition) is 4. The molecule has 22 heavy (non-hydrogen) atoms. The van der Waals surface area contributed by atoms with E-state index < -0.39 is 0 Å². The summed E-state index contributed by atoms with van der Waals surface area (Å²) in [6, 6.07) is 12.0. The highest BCUT2D eigenvalue weighted by atomic mass is 35.5. The smallest absolute Gasteiger partial charge is 0.179 e. The predicted molar refractivity (Wildman–Crippen MR) is 89.8 cm³/mol. The molecule has 7 heteroatoms. The van der Waals surface area contributed by atoms with Gasteiger partial charge >= 0.3 is 0 Å². The highest BCUT2D eigenvalue weighted by Gasteiger charge is 2.10. The molecule has 6 nitrogen and oxygen atoms in total. The average Bonchev–Trinajstić information content (AvgIpc) is 3.12. The second-order valence-corrected chi connectivity index (χ2v) is 4.78. The lowest BCUT2D eigenvalue weighted by Gasteiger charge is -2.02. The molecule has 0 radical (unpaired) electrons. The summed E-state index contributed by atoms with van der Waals surface area (Å²) < 4.78 is 1.98. The number of benzene rings is 1. The molecule has 0 fully saturated rings. The molecule has 3 aromatic heterocycles. The first-order valence-corrected chi connectivity index (χ1v) is 6.88. The maximum absolute atomic E-state index is 4.61. The molecule has 0 aliphatic carbocycles. The lowest BCUT2D eigenvalue weighted by atomic mass is 10.2. The maximum Gasteiger partial charge on any atom is 0.179 e. The van der Waals surface area contributed by atoms with Gasteiger partial charge in [0.15, 0.2) is 11.5 Å².